The molecule has 0 saturated heterocycles. The first-order valence-corrected chi connectivity index (χ1v) is 10.2. The number of nitrogens with one attached hydrogen (secondary N) is 3. The number of anilines is 2. The molecule has 0 radical (unpaired) electrons. The molecule has 0 aliphatic heterocycles. The number of hydrogen-bond acceptors (Lipinski definition) is 5. The number of halogens is 1. The lowest BCUT2D eigenvalue weighted by atomic mass is 10.2. The number of nitrogens with zero attached hydrogens (tertiary/aromatic N) is 1. The molecule has 0 fully saturated rings. The number of ether oxygens (including phenoxy) is 1. The van der Waals surface area contributed by atoms with E-state index >= 15 is 0 Å². The maximum atomic E-state index is 13.6. The van der Waals surface area contributed by atoms with Gasteiger partial charge in [-0.05, 0) is 55.8 Å². The summed E-state index contributed by atoms with van der Waals surface area (Å²) in [5.74, 6) is -0.525. The van der Waals surface area contributed by atoms with E-state index in [1.54, 1.807) is 31.2 Å². The molecule has 1 heterocycles. The third-order valence-electron chi connectivity index (χ3n) is 3.92. The molecule has 1 amide bonds. The smallest absolute Gasteiger partial charge is 0.278 e. The number of sulfonamides is 1. The summed E-state index contributed by atoms with van der Waals surface area (Å²) in [7, 11) is -3.99. The molecule has 152 valence electrons. The summed E-state index contributed by atoms with van der Waals surface area (Å²) in [6.45, 7) is 3.94. The first-order chi connectivity index (χ1) is 13.8. The van der Waals surface area contributed by atoms with Gasteiger partial charge in [-0.1, -0.05) is 6.07 Å². The van der Waals surface area contributed by atoms with Crippen molar-refractivity contribution in [1.82, 2.24) is 10.2 Å². The van der Waals surface area contributed by atoms with Crippen LogP contribution in [-0.2, 0) is 10.0 Å². The quantitative estimate of drug-likeness (QED) is 0.545. The van der Waals surface area contributed by atoms with Gasteiger partial charge in [0, 0.05) is 17.4 Å². The monoisotopic (exact) mass is 418 g/mol. The van der Waals surface area contributed by atoms with Gasteiger partial charge in [-0.2, -0.15) is 13.5 Å². The second-order valence-electron chi connectivity index (χ2n) is 6.10. The van der Waals surface area contributed by atoms with Crippen molar-refractivity contribution in [1.29, 1.82) is 0 Å². The highest BCUT2D eigenvalue weighted by molar-refractivity contribution is 7.92. The van der Waals surface area contributed by atoms with Crippen molar-refractivity contribution in [3.05, 3.63) is 65.6 Å². The zero-order chi connectivity index (χ0) is 21.0. The molecule has 3 N–H and O–H groups in total. The van der Waals surface area contributed by atoms with Crippen molar-refractivity contribution >= 4 is 27.3 Å². The molecule has 10 heteroatoms. The Kier molecular flexibility index (Phi) is 5.83. The molecule has 8 nitrogen and oxygen atoms in total. The average Bonchev–Trinajstić information content (AvgIpc) is 3.18. The normalized spacial score (nSPS) is 11.1. The van der Waals surface area contributed by atoms with E-state index < -0.39 is 21.7 Å². The van der Waals surface area contributed by atoms with E-state index in [1.807, 2.05) is 6.92 Å². The first kappa shape index (κ1) is 20.3. The average molecular weight is 418 g/mol. The molecule has 0 aliphatic rings. The molecule has 0 atom stereocenters. The summed E-state index contributed by atoms with van der Waals surface area (Å²) < 4.78 is 46.3. The van der Waals surface area contributed by atoms with Crippen molar-refractivity contribution in [2.24, 2.45) is 0 Å². The van der Waals surface area contributed by atoms with Gasteiger partial charge in [-0.15, -0.1) is 0 Å². The molecule has 3 rings (SSSR count). The summed E-state index contributed by atoms with van der Waals surface area (Å²) >= 11 is 0. The van der Waals surface area contributed by atoms with Crippen LogP contribution in [0.3, 0.4) is 0 Å². The van der Waals surface area contributed by atoms with Gasteiger partial charge in [0.15, 0.2) is 10.7 Å². The summed E-state index contributed by atoms with van der Waals surface area (Å²) in [5.41, 5.74) is 0.844. The number of aryl methyl sites for hydroxylation is 1. The van der Waals surface area contributed by atoms with Crippen LogP contribution in [0.15, 0.2) is 53.6 Å². The van der Waals surface area contributed by atoms with Crippen LogP contribution >= 0.6 is 0 Å². The van der Waals surface area contributed by atoms with Crippen LogP contribution in [0, 0.1) is 12.7 Å². The van der Waals surface area contributed by atoms with E-state index in [2.05, 4.69) is 20.2 Å². The number of aromatic nitrogens is 2. The Bertz CT molecular complexity index is 1130. The topological polar surface area (TPSA) is 113 Å². The minimum atomic E-state index is -3.99. The summed E-state index contributed by atoms with van der Waals surface area (Å²) in [5, 5.41) is 8.24. The van der Waals surface area contributed by atoms with E-state index in [0.29, 0.717) is 23.6 Å². The number of amides is 1. The second-order valence-corrected chi connectivity index (χ2v) is 7.75. The summed E-state index contributed by atoms with van der Waals surface area (Å²) in [6.07, 6.45) is 0. The maximum absolute atomic E-state index is 13.6. The minimum Gasteiger partial charge on any atom is -0.494 e. The Morgan fingerprint density at radius 3 is 2.48 bits per heavy atom. The van der Waals surface area contributed by atoms with E-state index in [-0.39, 0.29) is 16.4 Å². The molecule has 3 aromatic rings. The Balaban J connectivity index is 1.71. The number of hydrogen-bond donors (Lipinski definition) is 3. The van der Waals surface area contributed by atoms with Crippen molar-refractivity contribution in [3.8, 4) is 5.75 Å². The zero-order valence-electron chi connectivity index (χ0n) is 15.7. The lowest BCUT2D eigenvalue weighted by Crippen LogP contribution is -2.14. The van der Waals surface area contributed by atoms with Crippen LogP contribution < -0.4 is 14.8 Å². The predicted octanol–water partition coefficient (Wildman–Crippen LogP) is 3.31. The Morgan fingerprint density at radius 2 is 1.83 bits per heavy atom. The molecule has 0 unspecified atom stereocenters. The Labute approximate surface area is 167 Å². The summed E-state index contributed by atoms with van der Waals surface area (Å²) in [4.78, 5) is 12.3. The third-order valence-corrected chi connectivity index (χ3v) is 5.22. The van der Waals surface area contributed by atoms with Gasteiger partial charge < -0.3 is 10.1 Å². The molecular weight excluding hydrogens is 399 g/mol. The number of aromatic amines is 1. The van der Waals surface area contributed by atoms with Gasteiger partial charge in [-0.25, -0.2) is 4.39 Å². The molecule has 0 bridgehead atoms. The van der Waals surface area contributed by atoms with Crippen molar-refractivity contribution in [2.75, 3.05) is 16.6 Å². The molecule has 29 heavy (non-hydrogen) atoms. The van der Waals surface area contributed by atoms with Gasteiger partial charge in [0.25, 0.3) is 15.9 Å². The van der Waals surface area contributed by atoms with E-state index in [9.17, 15) is 17.6 Å². The molecule has 2 aromatic carbocycles. The number of carbonyl (C=O) groups is 1. The highest BCUT2D eigenvalue weighted by Gasteiger charge is 2.20. The van der Waals surface area contributed by atoms with E-state index in [4.69, 9.17) is 4.74 Å². The lowest BCUT2D eigenvalue weighted by molar-refractivity contribution is 0.102. The van der Waals surface area contributed by atoms with Crippen LogP contribution in [0.5, 0.6) is 5.75 Å². The fraction of sp³-hybridized carbons (Fsp3) is 0.158. The second kappa shape index (κ2) is 8.31. The van der Waals surface area contributed by atoms with Gasteiger partial charge in [0.2, 0.25) is 0 Å². The Hall–Kier alpha value is -3.40. The SMILES string of the molecule is CCOc1ccc(NS(=O)(=O)c2cc(C(=O)Nc3ccc(C)c(F)c3)n[nH]2)cc1. The van der Waals surface area contributed by atoms with Crippen LogP contribution in [-0.4, -0.2) is 31.1 Å². The molecule has 0 saturated carbocycles. The first-order valence-electron chi connectivity index (χ1n) is 8.67. The fourth-order valence-electron chi connectivity index (χ4n) is 2.42. The lowest BCUT2D eigenvalue weighted by Gasteiger charge is -2.07. The predicted molar refractivity (Wildman–Crippen MR) is 106 cm³/mol. The van der Waals surface area contributed by atoms with Crippen LogP contribution in [0.2, 0.25) is 0 Å². The van der Waals surface area contributed by atoms with Crippen LogP contribution in [0.4, 0.5) is 15.8 Å². The third kappa shape index (κ3) is 4.91. The molecule has 0 spiro atoms. The zero-order valence-corrected chi connectivity index (χ0v) is 16.5. The molecule has 1 aromatic heterocycles. The standard InChI is InChI=1S/C19H19FN4O4S/c1-3-28-15-8-6-13(7-9-15)24-29(26,27)18-11-17(22-23-18)19(25)21-14-5-4-12(2)16(20)10-14/h4-11,24H,3H2,1-2H3,(H,21,25)(H,22,23). The fourth-order valence-corrected chi connectivity index (χ4v) is 3.41. The van der Waals surface area contributed by atoms with Gasteiger partial charge >= 0.3 is 0 Å². The number of H-pyrrole nitrogens is 1. The van der Waals surface area contributed by atoms with Gasteiger partial charge in [-0.3, -0.25) is 14.6 Å². The van der Waals surface area contributed by atoms with E-state index in [0.717, 1.165) is 6.07 Å². The van der Waals surface area contributed by atoms with Crippen LogP contribution in [0.1, 0.15) is 23.0 Å². The molecule has 0 aliphatic carbocycles. The van der Waals surface area contributed by atoms with E-state index in [1.165, 1.54) is 18.2 Å². The maximum Gasteiger partial charge on any atom is 0.278 e. The summed E-state index contributed by atoms with van der Waals surface area (Å²) in [6, 6.07) is 11.7. The van der Waals surface area contributed by atoms with Gasteiger partial charge in [0.1, 0.15) is 11.6 Å². The Morgan fingerprint density at radius 1 is 1.14 bits per heavy atom. The number of benzene rings is 2. The van der Waals surface area contributed by atoms with Crippen molar-refractivity contribution in [2.45, 2.75) is 18.9 Å². The largest absolute Gasteiger partial charge is 0.494 e. The number of rotatable bonds is 7. The van der Waals surface area contributed by atoms with Crippen molar-refractivity contribution in [3.63, 3.8) is 0 Å². The highest BCUT2D eigenvalue weighted by Crippen LogP contribution is 2.20. The molecular formula is C19H19FN4O4S. The van der Waals surface area contributed by atoms with Crippen molar-refractivity contribution < 1.29 is 22.3 Å². The highest BCUT2D eigenvalue weighted by atomic mass is 32.2. The minimum absolute atomic E-state index is 0.155. The number of carbonyl (C=O) groups excluding carboxylic acids is 1. The van der Waals surface area contributed by atoms with Crippen LogP contribution in [0.25, 0.3) is 0 Å². The van der Waals surface area contributed by atoms with Gasteiger partial charge in [0.05, 0.1) is 6.61 Å².